The molecule has 3 heteroatoms. The number of aromatic nitrogens is 1. The van der Waals surface area contributed by atoms with Gasteiger partial charge in [-0.15, -0.1) is 0 Å². The summed E-state index contributed by atoms with van der Waals surface area (Å²) in [5.41, 5.74) is 12.6. The summed E-state index contributed by atoms with van der Waals surface area (Å²) in [6.07, 6.45) is 0. The largest absolute Gasteiger partial charge is 0.435 e. The van der Waals surface area contributed by atoms with Crippen molar-refractivity contribution in [3.8, 4) is 44.8 Å². The Labute approximate surface area is 314 Å². The van der Waals surface area contributed by atoms with E-state index in [-0.39, 0.29) is 0 Å². The number of anilines is 3. The molecule has 0 radical (unpaired) electrons. The number of fused-ring (bicyclic) bond motifs is 3. The molecule has 3 nitrogen and oxygen atoms in total. The molecule has 0 unspecified atom stereocenters. The second kappa shape index (κ2) is 13.4. The Morgan fingerprint density at radius 2 is 0.981 bits per heavy atom. The normalized spacial score (nSPS) is 11.3. The maximum Gasteiger partial charge on any atom is 0.227 e. The third-order valence-corrected chi connectivity index (χ3v) is 10.3. The highest BCUT2D eigenvalue weighted by Crippen LogP contribution is 2.43. The standard InChI is InChI=1S/C51H34N2O/c1-2-14-37(15-3-1)45-22-8-9-26-49(45)53(43-20-10-19-40(34-43)41-28-27-35-13-4-5-17-39(35)33-41)42-31-29-38(30-32-42)46-23-12-25-48-50(46)54-51(52-48)47-24-11-18-36-16-6-7-21-44(36)47/h1-34H. The Kier molecular flexibility index (Phi) is 7.81. The molecule has 0 aliphatic carbocycles. The van der Waals surface area contributed by atoms with Gasteiger partial charge in [0, 0.05) is 28.1 Å². The van der Waals surface area contributed by atoms with Crippen LogP contribution in [0.15, 0.2) is 211 Å². The number of hydrogen-bond acceptors (Lipinski definition) is 3. The van der Waals surface area contributed by atoms with Gasteiger partial charge in [-0.2, -0.15) is 0 Å². The number of benzene rings is 9. The van der Waals surface area contributed by atoms with Crippen molar-refractivity contribution in [2.24, 2.45) is 0 Å². The fourth-order valence-corrected chi connectivity index (χ4v) is 7.64. The fourth-order valence-electron chi connectivity index (χ4n) is 7.64. The lowest BCUT2D eigenvalue weighted by Gasteiger charge is -2.28. The van der Waals surface area contributed by atoms with Gasteiger partial charge in [0.2, 0.25) is 5.89 Å². The maximum atomic E-state index is 6.59. The van der Waals surface area contributed by atoms with Crippen LogP contribution in [0.5, 0.6) is 0 Å². The first-order valence-corrected chi connectivity index (χ1v) is 18.3. The van der Waals surface area contributed by atoms with Crippen LogP contribution in [0.3, 0.4) is 0 Å². The lowest BCUT2D eigenvalue weighted by molar-refractivity contribution is 0.621. The monoisotopic (exact) mass is 690 g/mol. The summed E-state index contributed by atoms with van der Waals surface area (Å²) in [5, 5.41) is 4.75. The minimum absolute atomic E-state index is 0.626. The summed E-state index contributed by atoms with van der Waals surface area (Å²) in [4.78, 5) is 7.32. The first kappa shape index (κ1) is 31.5. The molecular formula is C51H34N2O. The quantitative estimate of drug-likeness (QED) is 0.167. The average Bonchev–Trinajstić information content (AvgIpc) is 3.69. The Bertz CT molecular complexity index is 2940. The van der Waals surface area contributed by atoms with Gasteiger partial charge in [0.1, 0.15) is 5.52 Å². The fraction of sp³-hybridized carbons (Fsp3) is 0. The molecule has 54 heavy (non-hydrogen) atoms. The van der Waals surface area contributed by atoms with Gasteiger partial charge < -0.3 is 9.32 Å². The van der Waals surface area contributed by atoms with E-state index in [9.17, 15) is 0 Å². The minimum Gasteiger partial charge on any atom is -0.435 e. The molecule has 1 heterocycles. The van der Waals surface area contributed by atoms with E-state index >= 15 is 0 Å². The van der Waals surface area contributed by atoms with E-state index in [1.807, 2.05) is 6.07 Å². The zero-order valence-electron chi connectivity index (χ0n) is 29.4. The van der Waals surface area contributed by atoms with Gasteiger partial charge >= 0.3 is 0 Å². The van der Waals surface area contributed by atoms with Crippen LogP contribution < -0.4 is 4.90 Å². The second-order valence-electron chi connectivity index (χ2n) is 13.6. The molecular weight excluding hydrogens is 657 g/mol. The Hall–Kier alpha value is -7.23. The molecule has 0 aliphatic heterocycles. The Morgan fingerprint density at radius 3 is 1.87 bits per heavy atom. The van der Waals surface area contributed by atoms with Crippen LogP contribution >= 0.6 is 0 Å². The summed E-state index contributed by atoms with van der Waals surface area (Å²) < 4.78 is 6.59. The van der Waals surface area contributed by atoms with E-state index in [0.29, 0.717) is 5.89 Å². The molecule has 10 rings (SSSR count). The zero-order chi connectivity index (χ0) is 35.8. The molecule has 0 saturated carbocycles. The second-order valence-corrected chi connectivity index (χ2v) is 13.6. The predicted molar refractivity (Wildman–Crippen MR) is 225 cm³/mol. The number of para-hydroxylation sites is 2. The highest BCUT2D eigenvalue weighted by atomic mass is 16.3. The van der Waals surface area contributed by atoms with Crippen LogP contribution in [0.4, 0.5) is 17.1 Å². The lowest BCUT2D eigenvalue weighted by Crippen LogP contribution is -2.11. The van der Waals surface area contributed by atoms with Gasteiger partial charge in [0.15, 0.2) is 5.58 Å². The van der Waals surface area contributed by atoms with Crippen molar-refractivity contribution in [3.05, 3.63) is 206 Å². The van der Waals surface area contributed by atoms with E-state index in [2.05, 4.69) is 205 Å². The molecule has 0 fully saturated rings. The van der Waals surface area contributed by atoms with Gasteiger partial charge in [-0.3, -0.25) is 0 Å². The van der Waals surface area contributed by atoms with E-state index in [0.717, 1.165) is 66.8 Å². The van der Waals surface area contributed by atoms with Crippen LogP contribution in [0.2, 0.25) is 0 Å². The first-order chi connectivity index (χ1) is 26.8. The highest BCUT2D eigenvalue weighted by molar-refractivity contribution is 5.98. The molecule has 0 spiro atoms. The molecule has 0 N–H and O–H groups in total. The van der Waals surface area contributed by atoms with E-state index < -0.39 is 0 Å². The zero-order valence-corrected chi connectivity index (χ0v) is 29.4. The topological polar surface area (TPSA) is 29.3 Å². The third-order valence-electron chi connectivity index (χ3n) is 10.3. The maximum absolute atomic E-state index is 6.59. The van der Waals surface area contributed by atoms with Crippen molar-refractivity contribution in [2.45, 2.75) is 0 Å². The molecule has 0 amide bonds. The molecule has 0 bridgehead atoms. The molecule has 0 atom stereocenters. The van der Waals surface area contributed by atoms with Gasteiger partial charge in [-0.05, 0) is 92.3 Å². The van der Waals surface area contributed by atoms with Crippen molar-refractivity contribution in [2.75, 3.05) is 4.90 Å². The average molecular weight is 691 g/mol. The smallest absolute Gasteiger partial charge is 0.227 e. The van der Waals surface area contributed by atoms with Crippen molar-refractivity contribution < 1.29 is 4.42 Å². The third kappa shape index (κ3) is 5.69. The molecule has 9 aromatic carbocycles. The molecule has 0 aliphatic rings. The summed E-state index contributed by atoms with van der Waals surface area (Å²) in [5.74, 6) is 0.626. The van der Waals surface area contributed by atoms with Crippen molar-refractivity contribution in [3.63, 3.8) is 0 Å². The minimum atomic E-state index is 0.626. The van der Waals surface area contributed by atoms with E-state index in [1.54, 1.807) is 0 Å². The molecule has 10 aromatic rings. The van der Waals surface area contributed by atoms with E-state index in [1.165, 1.54) is 21.9 Å². The first-order valence-electron chi connectivity index (χ1n) is 18.3. The predicted octanol–water partition coefficient (Wildman–Crippen LogP) is 14.3. The summed E-state index contributed by atoms with van der Waals surface area (Å²) >= 11 is 0. The summed E-state index contributed by atoms with van der Waals surface area (Å²) in [6, 6.07) is 73.0. The van der Waals surface area contributed by atoms with Gasteiger partial charge in [0.05, 0.1) is 5.69 Å². The van der Waals surface area contributed by atoms with E-state index in [4.69, 9.17) is 9.40 Å². The summed E-state index contributed by atoms with van der Waals surface area (Å²) in [7, 11) is 0. The van der Waals surface area contributed by atoms with Crippen molar-refractivity contribution in [1.82, 2.24) is 4.98 Å². The van der Waals surface area contributed by atoms with Gasteiger partial charge in [-0.1, -0.05) is 158 Å². The van der Waals surface area contributed by atoms with Crippen LogP contribution in [0, 0.1) is 0 Å². The van der Waals surface area contributed by atoms with Crippen LogP contribution in [-0.2, 0) is 0 Å². The highest BCUT2D eigenvalue weighted by Gasteiger charge is 2.19. The van der Waals surface area contributed by atoms with Crippen LogP contribution in [0.25, 0.3) is 77.5 Å². The number of hydrogen-bond donors (Lipinski definition) is 0. The van der Waals surface area contributed by atoms with Crippen molar-refractivity contribution >= 4 is 49.7 Å². The molecule has 0 saturated heterocycles. The van der Waals surface area contributed by atoms with Crippen LogP contribution in [-0.4, -0.2) is 4.98 Å². The number of nitrogens with zero attached hydrogens (tertiary/aromatic N) is 2. The Balaban J connectivity index is 1.08. The molecule has 254 valence electrons. The summed E-state index contributed by atoms with van der Waals surface area (Å²) in [6.45, 7) is 0. The lowest BCUT2D eigenvalue weighted by atomic mass is 9.99. The van der Waals surface area contributed by atoms with Gasteiger partial charge in [0.25, 0.3) is 0 Å². The number of rotatable bonds is 7. The van der Waals surface area contributed by atoms with Crippen molar-refractivity contribution in [1.29, 1.82) is 0 Å². The number of oxazole rings is 1. The Morgan fingerprint density at radius 1 is 0.370 bits per heavy atom. The SMILES string of the molecule is c1ccc(-c2ccccc2N(c2ccc(-c3cccc4nc(-c5cccc6ccccc56)oc34)cc2)c2cccc(-c3ccc4ccccc4c3)c2)cc1. The molecule has 1 aromatic heterocycles. The van der Waals surface area contributed by atoms with Gasteiger partial charge in [-0.25, -0.2) is 4.98 Å². The van der Waals surface area contributed by atoms with Crippen LogP contribution in [0.1, 0.15) is 0 Å².